The van der Waals surface area contributed by atoms with Gasteiger partial charge in [0.15, 0.2) is 11.6 Å². The number of anilines is 1. The van der Waals surface area contributed by atoms with E-state index in [9.17, 15) is 32.3 Å². The van der Waals surface area contributed by atoms with E-state index in [2.05, 4.69) is 10.1 Å². The lowest BCUT2D eigenvalue weighted by Gasteiger charge is -2.31. The van der Waals surface area contributed by atoms with E-state index in [1.54, 1.807) is 49.4 Å². The van der Waals surface area contributed by atoms with Crippen LogP contribution in [0.2, 0.25) is 0 Å². The quantitative estimate of drug-likeness (QED) is 0.106. The standard InChI is InChI=1S/C38H31F4N5O5/c1-21-16-23(10-11-32(21)52-33-9-5-4-8-29(33)39)47-36(43)27(20-44-47)35(48)31-17-22-18-34(51-24-12-14-46(15-13-24)37(49)50)26(19-30(22)45-31)25-6-2-3-7-28(25)38(40,41)42/h2-11,16-20,24,45H,12-15,43H2,1H3,(H,49,50). The Bertz CT molecular complexity index is 2320. The van der Waals surface area contributed by atoms with Crippen molar-refractivity contribution in [3.05, 3.63) is 119 Å². The fraction of sp³-hybridized carbons (Fsp3) is 0.184. The lowest BCUT2D eigenvalue weighted by molar-refractivity contribution is -0.137. The Labute approximate surface area is 294 Å². The van der Waals surface area contributed by atoms with Crippen LogP contribution in [0.15, 0.2) is 91.1 Å². The Kier molecular flexibility index (Phi) is 8.82. The molecule has 0 saturated carbocycles. The average molecular weight is 714 g/mol. The zero-order valence-corrected chi connectivity index (χ0v) is 27.6. The third kappa shape index (κ3) is 6.62. The molecule has 10 nitrogen and oxygen atoms in total. The molecule has 2 aromatic heterocycles. The number of aryl methyl sites for hydroxylation is 1. The number of halogens is 4. The first-order valence-corrected chi connectivity index (χ1v) is 16.3. The molecule has 0 bridgehead atoms. The number of ether oxygens (including phenoxy) is 2. The second-order valence-electron chi connectivity index (χ2n) is 12.4. The van der Waals surface area contributed by atoms with Gasteiger partial charge in [0.05, 0.1) is 28.7 Å². The Morgan fingerprint density at radius 1 is 0.923 bits per heavy atom. The number of rotatable bonds is 8. The molecule has 52 heavy (non-hydrogen) atoms. The number of alkyl halides is 3. The van der Waals surface area contributed by atoms with E-state index in [1.165, 1.54) is 52.2 Å². The van der Waals surface area contributed by atoms with Crippen molar-refractivity contribution >= 4 is 28.6 Å². The number of piperidine rings is 1. The van der Waals surface area contributed by atoms with Gasteiger partial charge < -0.3 is 30.2 Å². The molecule has 266 valence electrons. The molecule has 1 aliphatic heterocycles. The number of para-hydroxylation sites is 1. The van der Waals surface area contributed by atoms with Crippen LogP contribution in [-0.4, -0.2) is 55.8 Å². The number of nitrogens with two attached hydrogens (primary N) is 1. The van der Waals surface area contributed by atoms with E-state index in [0.717, 1.165) is 6.07 Å². The second-order valence-corrected chi connectivity index (χ2v) is 12.4. The number of nitrogens with zero attached hydrogens (tertiary/aromatic N) is 3. The lowest BCUT2D eigenvalue weighted by atomic mass is 9.97. The van der Waals surface area contributed by atoms with Crippen molar-refractivity contribution in [2.24, 2.45) is 0 Å². The molecule has 0 spiro atoms. The summed E-state index contributed by atoms with van der Waals surface area (Å²) < 4.78 is 70.0. The first-order valence-electron chi connectivity index (χ1n) is 16.3. The van der Waals surface area contributed by atoms with Crippen LogP contribution in [0.1, 0.15) is 40.0 Å². The molecule has 1 amide bonds. The summed E-state index contributed by atoms with van der Waals surface area (Å²) in [6.07, 6.45) is -4.12. The highest BCUT2D eigenvalue weighted by Crippen LogP contribution is 2.43. The normalized spacial score (nSPS) is 13.8. The first-order chi connectivity index (χ1) is 24.9. The Balaban J connectivity index is 1.21. The summed E-state index contributed by atoms with van der Waals surface area (Å²) in [6.45, 7) is 2.22. The van der Waals surface area contributed by atoms with E-state index in [-0.39, 0.29) is 52.8 Å². The molecule has 0 radical (unpaired) electrons. The maximum absolute atomic E-state index is 14.2. The number of hydrogen-bond acceptors (Lipinski definition) is 6. The van der Waals surface area contributed by atoms with Gasteiger partial charge in [-0.3, -0.25) is 4.79 Å². The summed E-state index contributed by atoms with van der Waals surface area (Å²) >= 11 is 0. The fourth-order valence-electron chi connectivity index (χ4n) is 6.31. The van der Waals surface area contributed by atoms with E-state index in [0.29, 0.717) is 40.7 Å². The monoisotopic (exact) mass is 713 g/mol. The van der Waals surface area contributed by atoms with Crippen LogP contribution >= 0.6 is 0 Å². The smallest absolute Gasteiger partial charge is 0.417 e. The number of nitrogen functional groups attached to an aromatic ring is 1. The zero-order chi connectivity index (χ0) is 36.7. The summed E-state index contributed by atoms with van der Waals surface area (Å²) in [7, 11) is 0. The number of amides is 1. The molecule has 1 aliphatic rings. The van der Waals surface area contributed by atoms with Gasteiger partial charge in [-0.25, -0.2) is 13.9 Å². The molecule has 1 fully saturated rings. The van der Waals surface area contributed by atoms with Crippen molar-refractivity contribution < 1.29 is 41.7 Å². The van der Waals surface area contributed by atoms with E-state index in [4.69, 9.17) is 15.2 Å². The first kappa shape index (κ1) is 34.2. The van der Waals surface area contributed by atoms with Crippen molar-refractivity contribution in [1.29, 1.82) is 0 Å². The number of benzene rings is 4. The van der Waals surface area contributed by atoms with Gasteiger partial charge in [-0.05, 0) is 72.6 Å². The largest absolute Gasteiger partial charge is 0.490 e. The van der Waals surface area contributed by atoms with E-state index in [1.807, 2.05) is 0 Å². The number of carbonyl (C=O) groups excluding carboxylic acids is 1. The number of carboxylic acid groups (broad SMARTS) is 1. The fourth-order valence-corrected chi connectivity index (χ4v) is 6.31. The molecule has 14 heteroatoms. The van der Waals surface area contributed by atoms with Crippen LogP contribution in [-0.2, 0) is 6.18 Å². The maximum atomic E-state index is 14.2. The Morgan fingerprint density at radius 3 is 2.37 bits per heavy atom. The highest BCUT2D eigenvalue weighted by molar-refractivity contribution is 6.13. The number of ketones is 1. The van der Waals surface area contributed by atoms with Crippen molar-refractivity contribution in [3.63, 3.8) is 0 Å². The molecule has 1 saturated heterocycles. The van der Waals surface area contributed by atoms with Crippen LogP contribution in [0.3, 0.4) is 0 Å². The summed E-state index contributed by atoms with van der Waals surface area (Å²) in [5.41, 5.74) is 7.40. The van der Waals surface area contributed by atoms with Gasteiger partial charge >= 0.3 is 12.3 Å². The van der Waals surface area contributed by atoms with Gasteiger partial charge in [0.1, 0.15) is 23.4 Å². The Hall–Kier alpha value is -6.31. The van der Waals surface area contributed by atoms with Crippen molar-refractivity contribution in [3.8, 4) is 34.1 Å². The minimum Gasteiger partial charge on any atom is -0.490 e. The molecule has 3 heterocycles. The van der Waals surface area contributed by atoms with Gasteiger partial charge in [-0.1, -0.05) is 30.3 Å². The summed E-state index contributed by atoms with van der Waals surface area (Å²) in [5, 5.41) is 14.2. The number of fused-ring (bicyclic) bond motifs is 1. The van der Waals surface area contributed by atoms with Crippen LogP contribution < -0.4 is 15.2 Å². The number of nitrogens with one attached hydrogen (secondary N) is 1. The molecule has 0 atom stereocenters. The SMILES string of the molecule is Cc1cc(-n2ncc(C(=O)c3cc4cc(OC5CCN(C(=O)O)CC5)c(-c5ccccc5C(F)(F)F)cc4[nH]3)c2N)ccc1Oc1ccccc1F. The van der Waals surface area contributed by atoms with Crippen molar-refractivity contribution in [2.45, 2.75) is 32.0 Å². The summed E-state index contributed by atoms with van der Waals surface area (Å²) in [6, 6.07) is 20.9. The van der Waals surface area contributed by atoms with Crippen molar-refractivity contribution in [2.75, 3.05) is 18.8 Å². The molecule has 7 rings (SSSR count). The van der Waals surface area contributed by atoms with Crippen LogP contribution in [0.5, 0.6) is 17.2 Å². The lowest BCUT2D eigenvalue weighted by Crippen LogP contribution is -2.41. The highest BCUT2D eigenvalue weighted by atomic mass is 19.4. The minimum atomic E-state index is -4.66. The second kappa shape index (κ2) is 13.4. The predicted octanol–water partition coefficient (Wildman–Crippen LogP) is 8.61. The van der Waals surface area contributed by atoms with Crippen LogP contribution in [0.4, 0.5) is 28.2 Å². The highest BCUT2D eigenvalue weighted by Gasteiger charge is 2.35. The number of aromatic amines is 1. The number of likely N-dealkylation sites (tertiary alicyclic amines) is 1. The van der Waals surface area contributed by atoms with Crippen LogP contribution in [0, 0.1) is 12.7 Å². The average Bonchev–Trinajstić information content (AvgIpc) is 3.72. The molecular weight excluding hydrogens is 682 g/mol. The van der Waals surface area contributed by atoms with E-state index >= 15 is 0 Å². The van der Waals surface area contributed by atoms with Gasteiger partial charge in [-0.15, -0.1) is 0 Å². The topological polar surface area (TPSA) is 136 Å². The predicted molar refractivity (Wildman–Crippen MR) is 185 cm³/mol. The van der Waals surface area contributed by atoms with Crippen molar-refractivity contribution in [1.82, 2.24) is 19.7 Å². The molecule has 0 unspecified atom stereocenters. The minimum absolute atomic E-state index is 0.0438. The van der Waals surface area contributed by atoms with Gasteiger partial charge in [0.2, 0.25) is 5.78 Å². The van der Waals surface area contributed by atoms with Gasteiger partial charge in [0, 0.05) is 42.4 Å². The number of hydrogen-bond donors (Lipinski definition) is 3. The molecule has 4 aromatic carbocycles. The molecule has 0 aliphatic carbocycles. The molecule has 6 aromatic rings. The summed E-state index contributed by atoms with van der Waals surface area (Å²) in [4.78, 5) is 29.5. The Morgan fingerprint density at radius 2 is 1.65 bits per heavy atom. The number of H-pyrrole nitrogens is 1. The zero-order valence-electron chi connectivity index (χ0n) is 27.6. The molecule has 4 N–H and O–H groups in total. The number of aromatic nitrogens is 3. The van der Waals surface area contributed by atoms with Gasteiger partial charge in [0.25, 0.3) is 0 Å². The molecular formula is C38H31F4N5O5. The van der Waals surface area contributed by atoms with E-state index < -0.39 is 35.5 Å². The summed E-state index contributed by atoms with van der Waals surface area (Å²) in [5.74, 6) is -0.313. The maximum Gasteiger partial charge on any atom is 0.417 e. The van der Waals surface area contributed by atoms with Gasteiger partial charge in [-0.2, -0.15) is 18.3 Å². The van der Waals surface area contributed by atoms with Crippen LogP contribution in [0.25, 0.3) is 27.7 Å². The third-order valence-corrected chi connectivity index (χ3v) is 9.01. The number of carbonyl (C=O) groups is 2. The third-order valence-electron chi connectivity index (χ3n) is 9.01.